The lowest BCUT2D eigenvalue weighted by Gasteiger charge is -2.21. The highest BCUT2D eigenvalue weighted by Gasteiger charge is 2.30. The number of benzene rings is 2. The van der Waals surface area contributed by atoms with Crippen molar-refractivity contribution in [2.24, 2.45) is 0 Å². The van der Waals surface area contributed by atoms with E-state index >= 15 is 0 Å². The van der Waals surface area contributed by atoms with Crippen LogP contribution in [0.4, 0.5) is 0 Å². The van der Waals surface area contributed by atoms with Gasteiger partial charge >= 0.3 is 5.97 Å². The standard InChI is InChI=1S/C27H34N2O6/c1-7-33-23-14-20(13-22(16-23)31-5)24-15-21(18-35-27(3,4)26(30)32-6)28-29(24)17-19-11-9-10-12-25(19)34-8-2/h9-16H,7-8,17-18H2,1-6H3. The molecule has 8 heteroatoms. The Bertz CT molecular complexity index is 1140. The molecule has 0 unspecified atom stereocenters. The van der Waals surface area contributed by atoms with Gasteiger partial charge in [0.2, 0.25) is 0 Å². The van der Waals surface area contributed by atoms with Crippen molar-refractivity contribution in [3.63, 3.8) is 0 Å². The Hall–Kier alpha value is -3.52. The van der Waals surface area contributed by atoms with Gasteiger partial charge in [0, 0.05) is 17.2 Å². The van der Waals surface area contributed by atoms with Crippen molar-refractivity contribution in [1.82, 2.24) is 9.78 Å². The van der Waals surface area contributed by atoms with Gasteiger partial charge in [-0.15, -0.1) is 0 Å². The number of hydrogen-bond acceptors (Lipinski definition) is 7. The van der Waals surface area contributed by atoms with Crippen LogP contribution in [0.25, 0.3) is 11.3 Å². The van der Waals surface area contributed by atoms with Gasteiger partial charge in [0.1, 0.15) is 17.2 Å². The molecule has 0 aliphatic rings. The summed E-state index contributed by atoms with van der Waals surface area (Å²) in [7, 11) is 2.97. The van der Waals surface area contributed by atoms with Crippen LogP contribution < -0.4 is 14.2 Å². The largest absolute Gasteiger partial charge is 0.497 e. The molecule has 0 N–H and O–H groups in total. The van der Waals surface area contributed by atoms with Gasteiger partial charge in [-0.05, 0) is 52.0 Å². The summed E-state index contributed by atoms with van der Waals surface area (Å²) in [6.45, 7) is 8.96. The lowest BCUT2D eigenvalue weighted by Crippen LogP contribution is -2.35. The molecule has 0 atom stereocenters. The molecule has 0 fully saturated rings. The molecule has 0 saturated heterocycles. The van der Waals surface area contributed by atoms with Crippen molar-refractivity contribution in [2.75, 3.05) is 27.4 Å². The van der Waals surface area contributed by atoms with Gasteiger partial charge in [-0.3, -0.25) is 4.68 Å². The molecule has 8 nitrogen and oxygen atoms in total. The number of aromatic nitrogens is 2. The molecule has 0 aliphatic heterocycles. The maximum Gasteiger partial charge on any atom is 0.337 e. The van der Waals surface area contributed by atoms with Crippen molar-refractivity contribution in [3.05, 3.63) is 59.8 Å². The lowest BCUT2D eigenvalue weighted by atomic mass is 10.1. The van der Waals surface area contributed by atoms with Crippen molar-refractivity contribution in [2.45, 2.75) is 46.4 Å². The van der Waals surface area contributed by atoms with Gasteiger partial charge in [-0.25, -0.2) is 4.79 Å². The van der Waals surface area contributed by atoms with Crippen LogP contribution in [0.5, 0.6) is 17.2 Å². The SMILES string of the molecule is CCOc1cc(OC)cc(-c2cc(COC(C)(C)C(=O)OC)nn2Cc2ccccc2OCC)c1. The highest BCUT2D eigenvalue weighted by Crippen LogP contribution is 2.32. The fourth-order valence-corrected chi connectivity index (χ4v) is 3.63. The van der Waals surface area contributed by atoms with Crippen LogP contribution in [0, 0.1) is 0 Å². The number of methoxy groups -OCH3 is 2. The lowest BCUT2D eigenvalue weighted by molar-refractivity contribution is -0.166. The molecule has 0 saturated carbocycles. The second-order valence-corrected chi connectivity index (χ2v) is 8.34. The van der Waals surface area contributed by atoms with Gasteiger partial charge in [0.05, 0.1) is 52.0 Å². The van der Waals surface area contributed by atoms with Gasteiger partial charge in [-0.1, -0.05) is 18.2 Å². The minimum absolute atomic E-state index is 0.136. The van der Waals surface area contributed by atoms with Crippen molar-refractivity contribution in [3.8, 4) is 28.5 Å². The monoisotopic (exact) mass is 482 g/mol. The average Bonchev–Trinajstić information content (AvgIpc) is 3.26. The Morgan fingerprint density at radius 2 is 1.69 bits per heavy atom. The first-order chi connectivity index (χ1) is 16.8. The molecule has 3 aromatic rings. The fourth-order valence-electron chi connectivity index (χ4n) is 3.63. The summed E-state index contributed by atoms with van der Waals surface area (Å²) in [6.07, 6.45) is 0. The minimum Gasteiger partial charge on any atom is -0.497 e. The zero-order chi connectivity index (χ0) is 25.4. The Balaban J connectivity index is 2.03. The average molecular weight is 483 g/mol. The zero-order valence-electron chi connectivity index (χ0n) is 21.3. The third kappa shape index (κ3) is 6.54. The summed E-state index contributed by atoms with van der Waals surface area (Å²) in [5.74, 6) is 1.74. The van der Waals surface area contributed by atoms with Gasteiger partial charge in [-0.2, -0.15) is 5.10 Å². The number of rotatable bonds is 12. The summed E-state index contributed by atoms with van der Waals surface area (Å²) in [5.41, 5.74) is 2.30. The maximum absolute atomic E-state index is 12.0. The van der Waals surface area contributed by atoms with E-state index in [2.05, 4.69) is 0 Å². The molecule has 0 aliphatic carbocycles. The van der Waals surface area contributed by atoms with Gasteiger partial charge in [0.25, 0.3) is 0 Å². The smallest absolute Gasteiger partial charge is 0.337 e. The van der Waals surface area contributed by atoms with Crippen LogP contribution in [-0.2, 0) is 27.4 Å². The van der Waals surface area contributed by atoms with Gasteiger partial charge < -0.3 is 23.7 Å². The summed E-state index contributed by atoms with van der Waals surface area (Å²) in [4.78, 5) is 12.0. The van der Waals surface area contributed by atoms with Crippen molar-refractivity contribution >= 4 is 5.97 Å². The first-order valence-electron chi connectivity index (χ1n) is 11.6. The number of carbonyl (C=O) groups excluding carboxylic acids is 1. The fraction of sp³-hybridized carbons (Fsp3) is 0.407. The molecule has 3 rings (SSSR count). The number of esters is 1. The molecular weight excluding hydrogens is 448 g/mol. The van der Waals surface area contributed by atoms with E-state index in [9.17, 15) is 4.79 Å². The predicted molar refractivity (Wildman–Crippen MR) is 133 cm³/mol. The summed E-state index contributed by atoms with van der Waals surface area (Å²) < 4.78 is 29.7. The molecule has 0 amide bonds. The van der Waals surface area contributed by atoms with E-state index in [1.807, 2.05) is 67.1 Å². The van der Waals surface area contributed by atoms with Crippen LogP contribution in [-0.4, -0.2) is 48.8 Å². The Kier molecular flexibility index (Phi) is 8.76. The van der Waals surface area contributed by atoms with Crippen LogP contribution in [0.1, 0.15) is 39.0 Å². The number of nitrogens with zero attached hydrogens (tertiary/aromatic N) is 2. The normalized spacial score (nSPS) is 11.3. The second-order valence-electron chi connectivity index (χ2n) is 8.34. The van der Waals surface area contributed by atoms with E-state index in [1.54, 1.807) is 21.0 Å². The Morgan fingerprint density at radius 3 is 2.37 bits per heavy atom. The first kappa shape index (κ1) is 26.1. The van der Waals surface area contributed by atoms with Crippen LogP contribution >= 0.6 is 0 Å². The number of para-hydroxylation sites is 1. The molecule has 0 spiro atoms. The minimum atomic E-state index is -1.10. The van der Waals surface area contributed by atoms with Crippen LogP contribution in [0.3, 0.4) is 0 Å². The van der Waals surface area contributed by atoms with E-state index in [4.69, 9.17) is 28.8 Å². The molecule has 1 aromatic heterocycles. The Morgan fingerprint density at radius 1 is 0.971 bits per heavy atom. The molecule has 35 heavy (non-hydrogen) atoms. The number of hydrogen-bond donors (Lipinski definition) is 0. The summed E-state index contributed by atoms with van der Waals surface area (Å²) >= 11 is 0. The Labute approximate surface area is 206 Å². The quantitative estimate of drug-likeness (QED) is 0.341. The number of carbonyl (C=O) groups is 1. The van der Waals surface area contributed by atoms with Gasteiger partial charge in [0.15, 0.2) is 5.60 Å². The predicted octanol–water partition coefficient (Wildman–Crippen LogP) is 4.87. The number of ether oxygens (including phenoxy) is 5. The molecular formula is C27H34N2O6. The van der Waals surface area contributed by atoms with E-state index < -0.39 is 11.6 Å². The summed E-state index contributed by atoms with van der Waals surface area (Å²) in [5, 5.41) is 4.80. The van der Waals surface area contributed by atoms with Crippen LogP contribution in [0.15, 0.2) is 48.5 Å². The highest BCUT2D eigenvalue weighted by molar-refractivity contribution is 5.78. The highest BCUT2D eigenvalue weighted by atomic mass is 16.6. The first-order valence-corrected chi connectivity index (χ1v) is 11.6. The van der Waals surface area contributed by atoms with Crippen molar-refractivity contribution < 1.29 is 28.5 Å². The van der Waals surface area contributed by atoms with Crippen molar-refractivity contribution in [1.29, 1.82) is 0 Å². The van der Waals surface area contributed by atoms with E-state index in [-0.39, 0.29) is 6.61 Å². The third-order valence-corrected chi connectivity index (χ3v) is 5.40. The second kappa shape index (κ2) is 11.8. The molecule has 0 radical (unpaired) electrons. The molecule has 2 aromatic carbocycles. The molecule has 0 bridgehead atoms. The van der Waals surface area contributed by atoms with Crippen LogP contribution in [0.2, 0.25) is 0 Å². The zero-order valence-corrected chi connectivity index (χ0v) is 21.3. The van der Waals surface area contributed by atoms with E-state index in [1.165, 1.54) is 7.11 Å². The topological polar surface area (TPSA) is 81.0 Å². The summed E-state index contributed by atoms with van der Waals surface area (Å²) in [6, 6.07) is 15.6. The van der Waals surface area contributed by atoms with E-state index in [0.717, 1.165) is 22.6 Å². The molecule has 188 valence electrons. The third-order valence-electron chi connectivity index (χ3n) is 5.40. The van der Waals surface area contributed by atoms with E-state index in [0.29, 0.717) is 37.0 Å². The molecule has 1 heterocycles. The maximum atomic E-state index is 12.0.